The van der Waals surface area contributed by atoms with Crippen LogP contribution in [-0.4, -0.2) is 9.53 Å². The van der Waals surface area contributed by atoms with E-state index in [2.05, 4.69) is 0 Å². The van der Waals surface area contributed by atoms with E-state index in [1.54, 1.807) is 0 Å². The van der Waals surface area contributed by atoms with Crippen LogP contribution in [-0.2, 0) is 33.1 Å². The van der Waals surface area contributed by atoms with Crippen molar-refractivity contribution < 1.29 is 13.3 Å². The van der Waals surface area contributed by atoms with E-state index in [-0.39, 0.29) is 0 Å². The molecule has 3 aromatic rings. The first-order valence-electron chi connectivity index (χ1n) is 8.27. The third-order valence-corrected chi connectivity index (χ3v) is 4.74. The van der Waals surface area contributed by atoms with E-state index in [9.17, 15) is 0 Å². The largest absolute Gasteiger partial charge is 0.578 e. The van der Waals surface area contributed by atoms with Crippen LogP contribution in [0.15, 0.2) is 91.0 Å². The third kappa shape index (κ3) is 6.29. The highest BCUT2D eigenvalue weighted by atomic mass is 28.3. The second-order valence-electron chi connectivity index (χ2n) is 5.57. The third-order valence-electron chi connectivity index (χ3n) is 3.60. The molecular formula is C21H21O3Si. The summed E-state index contributed by atoms with van der Waals surface area (Å²) in [5.41, 5.74) is 3.32. The molecule has 4 heteroatoms. The molecule has 25 heavy (non-hydrogen) atoms. The van der Waals surface area contributed by atoms with Gasteiger partial charge in [0.25, 0.3) is 0 Å². The molecule has 0 saturated carbocycles. The molecule has 0 N–H and O–H groups in total. The highest BCUT2D eigenvalue weighted by molar-refractivity contribution is 6.36. The fourth-order valence-electron chi connectivity index (χ4n) is 2.27. The minimum absolute atomic E-state index is 0.485. The smallest absolute Gasteiger partial charge is 0.367 e. The maximum absolute atomic E-state index is 5.93. The second-order valence-corrected chi connectivity index (χ2v) is 6.94. The fourth-order valence-corrected chi connectivity index (χ4v) is 3.38. The maximum atomic E-state index is 5.93. The molecule has 0 fully saturated rings. The van der Waals surface area contributed by atoms with Crippen LogP contribution in [0.25, 0.3) is 0 Å². The maximum Gasteiger partial charge on any atom is 0.578 e. The van der Waals surface area contributed by atoms with Gasteiger partial charge in [-0.3, -0.25) is 0 Å². The molecular weight excluding hydrogens is 328 g/mol. The normalized spacial score (nSPS) is 10.9. The Balaban J connectivity index is 1.56. The van der Waals surface area contributed by atoms with E-state index in [1.807, 2.05) is 91.0 Å². The first-order chi connectivity index (χ1) is 12.4. The molecule has 0 aromatic heterocycles. The Kier molecular flexibility index (Phi) is 6.97. The molecule has 0 spiro atoms. The monoisotopic (exact) mass is 349 g/mol. The Morgan fingerprint density at radius 2 is 0.720 bits per heavy atom. The van der Waals surface area contributed by atoms with E-state index in [0.717, 1.165) is 16.7 Å². The van der Waals surface area contributed by atoms with Gasteiger partial charge in [0, 0.05) is 0 Å². The highest BCUT2D eigenvalue weighted by Gasteiger charge is 2.20. The van der Waals surface area contributed by atoms with Gasteiger partial charge in [-0.2, -0.15) is 0 Å². The number of benzene rings is 3. The van der Waals surface area contributed by atoms with E-state index in [0.29, 0.717) is 19.8 Å². The number of hydrogen-bond donors (Lipinski definition) is 0. The number of rotatable bonds is 9. The minimum atomic E-state index is -1.84. The Morgan fingerprint density at radius 1 is 0.440 bits per heavy atom. The van der Waals surface area contributed by atoms with E-state index < -0.39 is 9.53 Å². The predicted octanol–water partition coefficient (Wildman–Crippen LogP) is 4.62. The van der Waals surface area contributed by atoms with Crippen molar-refractivity contribution in [2.75, 3.05) is 0 Å². The van der Waals surface area contributed by atoms with Gasteiger partial charge in [-0.15, -0.1) is 0 Å². The van der Waals surface area contributed by atoms with Crippen molar-refractivity contribution in [3.8, 4) is 0 Å². The van der Waals surface area contributed by atoms with Crippen LogP contribution < -0.4 is 0 Å². The van der Waals surface area contributed by atoms with Crippen molar-refractivity contribution in [2.45, 2.75) is 19.8 Å². The summed E-state index contributed by atoms with van der Waals surface area (Å²) in [6.07, 6.45) is 0. The van der Waals surface area contributed by atoms with Crippen LogP contribution in [0.2, 0.25) is 0 Å². The molecule has 0 heterocycles. The summed E-state index contributed by atoms with van der Waals surface area (Å²) in [7, 11) is -1.84. The zero-order chi connectivity index (χ0) is 17.2. The van der Waals surface area contributed by atoms with Crippen molar-refractivity contribution in [3.05, 3.63) is 108 Å². The van der Waals surface area contributed by atoms with Crippen LogP contribution >= 0.6 is 0 Å². The molecule has 3 aromatic carbocycles. The van der Waals surface area contributed by atoms with Crippen molar-refractivity contribution in [1.29, 1.82) is 0 Å². The minimum Gasteiger partial charge on any atom is -0.367 e. The van der Waals surface area contributed by atoms with Gasteiger partial charge in [0.15, 0.2) is 0 Å². The van der Waals surface area contributed by atoms with Crippen LogP contribution in [0.5, 0.6) is 0 Å². The SMILES string of the molecule is c1ccc(CO[Si](OCc2ccccc2)OCc2ccccc2)cc1. The quantitative estimate of drug-likeness (QED) is 0.528. The van der Waals surface area contributed by atoms with E-state index in [4.69, 9.17) is 13.3 Å². The summed E-state index contributed by atoms with van der Waals surface area (Å²) in [6, 6.07) is 30.2. The van der Waals surface area contributed by atoms with Gasteiger partial charge in [0.05, 0.1) is 19.8 Å². The highest BCUT2D eigenvalue weighted by Crippen LogP contribution is 2.09. The van der Waals surface area contributed by atoms with Gasteiger partial charge in [-0.05, 0) is 16.7 Å². The van der Waals surface area contributed by atoms with Gasteiger partial charge in [0.1, 0.15) is 0 Å². The molecule has 0 aliphatic carbocycles. The van der Waals surface area contributed by atoms with Crippen molar-refractivity contribution in [2.24, 2.45) is 0 Å². The molecule has 0 aliphatic heterocycles. The summed E-state index contributed by atoms with van der Waals surface area (Å²) >= 11 is 0. The Labute approximate surface area is 150 Å². The topological polar surface area (TPSA) is 27.7 Å². The lowest BCUT2D eigenvalue weighted by atomic mass is 10.2. The lowest BCUT2D eigenvalue weighted by Gasteiger charge is -2.15. The Bertz CT molecular complexity index is 616. The molecule has 0 unspecified atom stereocenters. The van der Waals surface area contributed by atoms with Gasteiger partial charge in [0.2, 0.25) is 0 Å². The van der Waals surface area contributed by atoms with Gasteiger partial charge in [-0.25, -0.2) is 0 Å². The zero-order valence-electron chi connectivity index (χ0n) is 14.0. The number of hydrogen-bond acceptors (Lipinski definition) is 3. The summed E-state index contributed by atoms with van der Waals surface area (Å²) in [4.78, 5) is 0. The molecule has 0 amide bonds. The average molecular weight is 349 g/mol. The average Bonchev–Trinajstić information content (AvgIpc) is 2.70. The molecule has 0 bridgehead atoms. The van der Waals surface area contributed by atoms with Crippen molar-refractivity contribution >= 4 is 9.53 Å². The van der Waals surface area contributed by atoms with Crippen LogP contribution in [0.1, 0.15) is 16.7 Å². The summed E-state index contributed by atoms with van der Waals surface area (Å²) in [5, 5.41) is 0. The zero-order valence-corrected chi connectivity index (χ0v) is 15.0. The van der Waals surface area contributed by atoms with E-state index >= 15 is 0 Å². The lowest BCUT2D eigenvalue weighted by Crippen LogP contribution is -2.27. The molecule has 0 saturated heterocycles. The predicted molar refractivity (Wildman–Crippen MR) is 99.4 cm³/mol. The summed E-state index contributed by atoms with van der Waals surface area (Å²) in [5.74, 6) is 0. The molecule has 0 aliphatic rings. The summed E-state index contributed by atoms with van der Waals surface area (Å²) < 4.78 is 17.8. The molecule has 1 radical (unpaired) electrons. The van der Waals surface area contributed by atoms with Crippen molar-refractivity contribution in [3.63, 3.8) is 0 Å². The van der Waals surface area contributed by atoms with Crippen LogP contribution in [0.4, 0.5) is 0 Å². The van der Waals surface area contributed by atoms with Crippen LogP contribution in [0.3, 0.4) is 0 Å². The Hall–Kier alpha value is -2.24. The molecule has 3 nitrogen and oxygen atoms in total. The van der Waals surface area contributed by atoms with E-state index in [1.165, 1.54) is 0 Å². The first kappa shape index (κ1) is 17.6. The lowest BCUT2D eigenvalue weighted by molar-refractivity contribution is 0.0766. The molecule has 0 atom stereocenters. The standard InChI is InChI=1S/C21H21O3Si/c1-4-10-19(11-5-1)16-22-25(23-17-20-12-6-2-7-13-20)24-18-21-14-8-3-9-15-21/h1-15H,16-18H2. The fraction of sp³-hybridized carbons (Fsp3) is 0.143. The van der Waals surface area contributed by atoms with Gasteiger partial charge < -0.3 is 13.3 Å². The van der Waals surface area contributed by atoms with Gasteiger partial charge in [-0.1, -0.05) is 91.0 Å². The van der Waals surface area contributed by atoms with Crippen LogP contribution in [0, 0.1) is 0 Å². The van der Waals surface area contributed by atoms with Gasteiger partial charge >= 0.3 is 9.53 Å². The molecule has 3 rings (SSSR count). The second kappa shape index (κ2) is 9.91. The summed E-state index contributed by atoms with van der Waals surface area (Å²) in [6.45, 7) is 1.45. The molecule has 127 valence electrons. The first-order valence-corrected chi connectivity index (χ1v) is 9.50. The van der Waals surface area contributed by atoms with Crippen molar-refractivity contribution in [1.82, 2.24) is 0 Å². The Morgan fingerprint density at radius 3 is 1.00 bits per heavy atom.